The molecule has 2 heterocycles. The van der Waals surface area contributed by atoms with Crippen LogP contribution >= 0.6 is 11.6 Å². The molecule has 1 aliphatic heterocycles. The van der Waals surface area contributed by atoms with E-state index in [1.54, 1.807) is 16.7 Å². The van der Waals surface area contributed by atoms with Crippen molar-refractivity contribution in [2.24, 2.45) is 0 Å². The topological polar surface area (TPSA) is 104 Å². The summed E-state index contributed by atoms with van der Waals surface area (Å²) in [6, 6.07) is 13.2. The minimum Gasteiger partial charge on any atom is -0.494 e. The van der Waals surface area contributed by atoms with Gasteiger partial charge in [-0.25, -0.2) is 0 Å². The molecular weight excluding hydrogens is 422 g/mol. The maximum absolute atomic E-state index is 10.6. The monoisotopic (exact) mass is 447 g/mol. The van der Waals surface area contributed by atoms with Gasteiger partial charge in [0.1, 0.15) is 30.2 Å². The Bertz CT molecular complexity index is 1030. The van der Waals surface area contributed by atoms with Crippen LogP contribution in [0.5, 0.6) is 5.75 Å². The molecule has 7 nitrogen and oxygen atoms in total. The van der Waals surface area contributed by atoms with Gasteiger partial charge in [-0.1, -0.05) is 29.8 Å². The molecule has 3 aromatic rings. The van der Waals surface area contributed by atoms with Crippen LogP contribution in [-0.2, 0) is 11.2 Å². The maximum Gasteiger partial charge on any atom is 0.163 e. The van der Waals surface area contributed by atoms with Gasteiger partial charge in [0.25, 0.3) is 0 Å². The number of aromatic nitrogens is 1. The number of halogens is 1. The molecule has 31 heavy (non-hydrogen) atoms. The van der Waals surface area contributed by atoms with Gasteiger partial charge in [-0.3, -0.25) is 0 Å². The smallest absolute Gasteiger partial charge is 0.163 e. The lowest BCUT2D eigenvalue weighted by molar-refractivity contribution is -0.250. The fraction of sp³-hybridized carbons (Fsp3) is 0.391. The fourth-order valence-electron chi connectivity index (χ4n) is 4.09. The SMILES string of the molecule is CCOc1ccc(Cc2cn([C@@H]3O[C@H](CO)[C@@H](O)[C@H](O)[C@H]3O)c3cccc(Cl)c23)cc1. The largest absolute Gasteiger partial charge is 0.494 e. The summed E-state index contributed by atoms with van der Waals surface area (Å²) in [5, 5.41) is 41.8. The molecule has 0 unspecified atom stereocenters. The van der Waals surface area contributed by atoms with Gasteiger partial charge in [-0.15, -0.1) is 0 Å². The first kappa shape index (κ1) is 22.1. The van der Waals surface area contributed by atoms with Gasteiger partial charge in [-0.05, 0) is 48.7 Å². The Morgan fingerprint density at radius 2 is 1.77 bits per heavy atom. The molecular formula is C23H26ClNO6. The minimum atomic E-state index is -1.46. The first-order valence-electron chi connectivity index (χ1n) is 10.2. The Hall–Kier alpha value is -2.13. The van der Waals surface area contributed by atoms with Crippen molar-refractivity contribution >= 4 is 22.5 Å². The minimum absolute atomic E-state index is 0.486. The van der Waals surface area contributed by atoms with Crippen LogP contribution in [-0.4, -0.2) is 62.6 Å². The van der Waals surface area contributed by atoms with Crippen LogP contribution in [0.4, 0.5) is 0 Å². The van der Waals surface area contributed by atoms with E-state index in [1.807, 2.05) is 43.5 Å². The predicted molar refractivity (Wildman–Crippen MR) is 116 cm³/mol. The van der Waals surface area contributed by atoms with Crippen molar-refractivity contribution in [2.45, 2.75) is 44.0 Å². The Morgan fingerprint density at radius 3 is 2.45 bits per heavy atom. The second kappa shape index (κ2) is 9.16. The standard InChI is InChI=1S/C23H26ClNO6/c1-2-30-15-8-6-13(7-9-15)10-14-11-25(17-5-3-4-16(24)19(14)17)23-22(29)21(28)20(27)18(12-26)31-23/h3-9,11,18,20-23,26-29H,2,10,12H2,1H3/t18-,20-,21+,22-,23-/m1/s1. The zero-order chi connectivity index (χ0) is 22.1. The summed E-state index contributed by atoms with van der Waals surface area (Å²) in [5.74, 6) is 0.799. The van der Waals surface area contributed by atoms with Gasteiger partial charge in [0.15, 0.2) is 6.23 Å². The van der Waals surface area contributed by atoms with Gasteiger partial charge in [0, 0.05) is 11.6 Å². The van der Waals surface area contributed by atoms with Crippen molar-refractivity contribution in [3.05, 3.63) is 64.8 Å². The number of hydrogen-bond acceptors (Lipinski definition) is 6. The molecule has 0 bridgehead atoms. The summed E-state index contributed by atoms with van der Waals surface area (Å²) >= 11 is 6.53. The van der Waals surface area contributed by atoms with E-state index < -0.39 is 37.3 Å². The van der Waals surface area contributed by atoms with Crippen molar-refractivity contribution in [1.29, 1.82) is 0 Å². The number of aliphatic hydroxyl groups excluding tert-OH is 4. The van der Waals surface area contributed by atoms with E-state index in [-0.39, 0.29) is 0 Å². The third kappa shape index (κ3) is 4.17. The van der Waals surface area contributed by atoms with Crippen molar-refractivity contribution in [1.82, 2.24) is 4.57 Å². The summed E-state index contributed by atoms with van der Waals surface area (Å²) < 4.78 is 13.0. The molecule has 1 saturated heterocycles. The van der Waals surface area contributed by atoms with E-state index >= 15 is 0 Å². The molecule has 0 spiro atoms. The molecule has 1 aliphatic rings. The number of fused-ring (bicyclic) bond motifs is 1. The summed E-state index contributed by atoms with van der Waals surface area (Å²) in [6.07, 6.45) is -3.82. The van der Waals surface area contributed by atoms with Gasteiger partial charge < -0.3 is 34.5 Å². The van der Waals surface area contributed by atoms with E-state index in [0.717, 1.165) is 27.8 Å². The summed E-state index contributed by atoms with van der Waals surface area (Å²) in [5.41, 5.74) is 2.69. The van der Waals surface area contributed by atoms with Gasteiger partial charge in [0.05, 0.1) is 23.8 Å². The summed E-state index contributed by atoms with van der Waals surface area (Å²) in [7, 11) is 0. The Morgan fingerprint density at radius 1 is 1.03 bits per heavy atom. The van der Waals surface area contributed by atoms with E-state index in [1.165, 1.54) is 0 Å². The first-order valence-corrected chi connectivity index (χ1v) is 10.6. The summed E-state index contributed by atoms with van der Waals surface area (Å²) in [6.45, 7) is 2.05. The molecule has 0 amide bonds. The van der Waals surface area contributed by atoms with Crippen molar-refractivity contribution in [3.63, 3.8) is 0 Å². The third-order valence-electron chi connectivity index (χ3n) is 5.66. The molecule has 5 atom stereocenters. The number of nitrogens with zero attached hydrogens (tertiary/aromatic N) is 1. The van der Waals surface area contributed by atoms with Crippen LogP contribution in [0.25, 0.3) is 10.9 Å². The van der Waals surface area contributed by atoms with Crippen LogP contribution in [0.2, 0.25) is 5.02 Å². The highest BCUT2D eigenvalue weighted by atomic mass is 35.5. The predicted octanol–water partition coefficient (Wildman–Crippen LogP) is 2.26. The van der Waals surface area contributed by atoms with E-state index in [0.29, 0.717) is 18.1 Å². The first-order chi connectivity index (χ1) is 14.9. The van der Waals surface area contributed by atoms with Crippen LogP contribution in [0.3, 0.4) is 0 Å². The molecule has 1 fully saturated rings. The van der Waals surface area contributed by atoms with Crippen molar-refractivity contribution < 1.29 is 29.9 Å². The quantitative estimate of drug-likeness (QED) is 0.462. The maximum atomic E-state index is 10.6. The van der Waals surface area contributed by atoms with Gasteiger partial charge >= 0.3 is 0 Å². The van der Waals surface area contributed by atoms with Crippen LogP contribution in [0, 0.1) is 0 Å². The average Bonchev–Trinajstić information content (AvgIpc) is 3.13. The van der Waals surface area contributed by atoms with E-state index in [2.05, 4.69) is 0 Å². The van der Waals surface area contributed by atoms with Crippen molar-refractivity contribution in [3.8, 4) is 5.75 Å². The lowest BCUT2D eigenvalue weighted by Gasteiger charge is -2.40. The summed E-state index contributed by atoms with van der Waals surface area (Å²) in [4.78, 5) is 0. The number of aliphatic hydroxyl groups is 4. The molecule has 4 rings (SSSR count). The Kier molecular flexibility index (Phi) is 6.52. The van der Waals surface area contributed by atoms with Crippen LogP contribution < -0.4 is 4.74 Å². The van der Waals surface area contributed by atoms with Crippen molar-refractivity contribution in [2.75, 3.05) is 13.2 Å². The number of benzene rings is 2. The zero-order valence-corrected chi connectivity index (χ0v) is 17.8. The molecule has 166 valence electrons. The second-order valence-electron chi connectivity index (χ2n) is 7.67. The highest BCUT2D eigenvalue weighted by Gasteiger charge is 2.44. The molecule has 1 aromatic heterocycles. The van der Waals surface area contributed by atoms with E-state index in [9.17, 15) is 20.4 Å². The lowest BCUT2D eigenvalue weighted by Crippen LogP contribution is -2.56. The third-order valence-corrected chi connectivity index (χ3v) is 5.97. The highest BCUT2D eigenvalue weighted by molar-refractivity contribution is 6.35. The molecule has 0 radical (unpaired) electrons. The average molecular weight is 448 g/mol. The Balaban J connectivity index is 1.73. The zero-order valence-electron chi connectivity index (χ0n) is 17.1. The Labute approximate surface area is 185 Å². The molecule has 8 heteroatoms. The number of rotatable bonds is 6. The van der Waals surface area contributed by atoms with Crippen LogP contribution in [0.1, 0.15) is 24.3 Å². The van der Waals surface area contributed by atoms with Gasteiger partial charge in [-0.2, -0.15) is 0 Å². The highest BCUT2D eigenvalue weighted by Crippen LogP contribution is 2.36. The number of hydrogen-bond donors (Lipinski definition) is 4. The van der Waals surface area contributed by atoms with Crippen LogP contribution in [0.15, 0.2) is 48.7 Å². The molecule has 4 N–H and O–H groups in total. The molecule has 0 aliphatic carbocycles. The van der Waals surface area contributed by atoms with Gasteiger partial charge in [0.2, 0.25) is 0 Å². The second-order valence-corrected chi connectivity index (χ2v) is 8.08. The van der Waals surface area contributed by atoms with E-state index in [4.69, 9.17) is 21.1 Å². The molecule has 0 saturated carbocycles. The normalized spacial score (nSPS) is 26.3. The number of ether oxygens (including phenoxy) is 2. The fourth-order valence-corrected chi connectivity index (χ4v) is 4.39. The molecule has 2 aromatic carbocycles. The lowest BCUT2D eigenvalue weighted by atomic mass is 9.98.